The van der Waals surface area contributed by atoms with Gasteiger partial charge >= 0.3 is 0 Å². The number of fused-ring (bicyclic) bond motifs is 2. The van der Waals surface area contributed by atoms with Crippen molar-refractivity contribution in [2.75, 3.05) is 25.5 Å². The number of rotatable bonds is 5. The fourth-order valence-electron chi connectivity index (χ4n) is 4.30. The summed E-state index contributed by atoms with van der Waals surface area (Å²) in [6.45, 7) is 5.08. The average molecular weight is 435 g/mol. The third-order valence-electron chi connectivity index (χ3n) is 5.83. The van der Waals surface area contributed by atoms with Crippen molar-refractivity contribution in [2.24, 2.45) is 5.92 Å². The number of hydrogen-bond acceptors (Lipinski definition) is 6. The van der Waals surface area contributed by atoms with Crippen LogP contribution in [0.15, 0.2) is 36.8 Å². The molecule has 2 aromatic heterocycles. The average Bonchev–Trinajstić information content (AvgIpc) is 3.40. The van der Waals surface area contributed by atoms with E-state index in [1.165, 1.54) is 6.20 Å². The van der Waals surface area contributed by atoms with Crippen LogP contribution in [0.3, 0.4) is 0 Å². The van der Waals surface area contributed by atoms with Gasteiger partial charge in [0.05, 0.1) is 18.5 Å². The molecule has 2 amide bonds. The second-order valence-corrected chi connectivity index (χ2v) is 9.05. The van der Waals surface area contributed by atoms with Crippen LogP contribution >= 0.6 is 0 Å². The monoisotopic (exact) mass is 435 g/mol. The minimum atomic E-state index is -0.324. The first-order chi connectivity index (χ1) is 15.3. The fourth-order valence-corrected chi connectivity index (χ4v) is 4.30. The first kappa shape index (κ1) is 20.3. The third kappa shape index (κ3) is 3.74. The SMILES string of the molecule is CN1C[C@@H](COc2cc3c(cc2NC(=O)c2cnn4cccnc24)CC(C)(C)O3)CC1=O. The second kappa shape index (κ2) is 7.51. The molecular formula is C23H25N5O4. The van der Waals surface area contributed by atoms with Crippen molar-refractivity contribution in [3.63, 3.8) is 0 Å². The fraction of sp³-hybridized carbons (Fsp3) is 0.391. The number of carbonyl (C=O) groups excluding carboxylic acids is 2. The predicted molar refractivity (Wildman–Crippen MR) is 117 cm³/mol. The van der Waals surface area contributed by atoms with Gasteiger partial charge in [0.2, 0.25) is 5.91 Å². The molecule has 0 saturated carbocycles. The maximum Gasteiger partial charge on any atom is 0.261 e. The van der Waals surface area contributed by atoms with Crippen LogP contribution in [0.5, 0.6) is 11.5 Å². The molecule has 2 aliphatic rings. The third-order valence-corrected chi connectivity index (χ3v) is 5.83. The largest absolute Gasteiger partial charge is 0.491 e. The van der Waals surface area contributed by atoms with Crippen molar-refractivity contribution in [1.29, 1.82) is 0 Å². The number of nitrogens with zero attached hydrogens (tertiary/aromatic N) is 4. The van der Waals surface area contributed by atoms with Crippen molar-refractivity contribution in [3.8, 4) is 11.5 Å². The first-order valence-electron chi connectivity index (χ1n) is 10.6. The molecule has 1 saturated heterocycles. The summed E-state index contributed by atoms with van der Waals surface area (Å²) < 4.78 is 13.7. The number of amides is 2. The summed E-state index contributed by atoms with van der Waals surface area (Å²) in [7, 11) is 1.80. The summed E-state index contributed by atoms with van der Waals surface area (Å²) in [5, 5.41) is 7.15. The lowest BCUT2D eigenvalue weighted by Crippen LogP contribution is -2.24. The number of benzene rings is 1. The highest BCUT2D eigenvalue weighted by Gasteiger charge is 2.32. The topological polar surface area (TPSA) is 98.1 Å². The molecule has 1 N–H and O–H groups in total. The molecule has 0 radical (unpaired) electrons. The van der Waals surface area contributed by atoms with E-state index in [2.05, 4.69) is 15.4 Å². The molecular weight excluding hydrogens is 410 g/mol. The molecule has 0 bridgehead atoms. The van der Waals surface area contributed by atoms with Crippen LogP contribution < -0.4 is 14.8 Å². The number of aromatic nitrogens is 3. The van der Waals surface area contributed by atoms with Crippen molar-refractivity contribution in [1.82, 2.24) is 19.5 Å². The molecule has 166 valence electrons. The van der Waals surface area contributed by atoms with Crippen LogP contribution in [0.1, 0.15) is 36.2 Å². The molecule has 9 heteroatoms. The summed E-state index contributed by atoms with van der Waals surface area (Å²) >= 11 is 0. The zero-order valence-electron chi connectivity index (χ0n) is 18.3. The van der Waals surface area contributed by atoms with Crippen LogP contribution in [0, 0.1) is 5.92 Å². The normalized spacial score (nSPS) is 19.2. The molecule has 3 aromatic rings. The maximum atomic E-state index is 13.1. The van der Waals surface area contributed by atoms with Crippen molar-refractivity contribution in [2.45, 2.75) is 32.3 Å². The van der Waals surface area contributed by atoms with Gasteiger partial charge in [0, 0.05) is 56.4 Å². The van der Waals surface area contributed by atoms with E-state index in [1.807, 2.05) is 26.0 Å². The molecule has 1 aromatic carbocycles. The quantitative estimate of drug-likeness (QED) is 0.661. The second-order valence-electron chi connectivity index (χ2n) is 9.05. The van der Waals surface area contributed by atoms with Crippen molar-refractivity contribution in [3.05, 3.63) is 47.9 Å². The number of carbonyl (C=O) groups is 2. The van der Waals surface area contributed by atoms with Crippen LogP contribution in [-0.4, -0.2) is 57.1 Å². The van der Waals surface area contributed by atoms with Gasteiger partial charge in [-0.15, -0.1) is 0 Å². The van der Waals surface area contributed by atoms with Gasteiger partial charge < -0.3 is 19.7 Å². The number of likely N-dealkylation sites (tertiary alicyclic amines) is 1. The van der Waals surface area contributed by atoms with E-state index in [4.69, 9.17) is 9.47 Å². The maximum absolute atomic E-state index is 13.1. The predicted octanol–water partition coefficient (Wildman–Crippen LogP) is 2.55. The molecule has 32 heavy (non-hydrogen) atoms. The number of hydrogen-bond donors (Lipinski definition) is 1. The minimum absolute atomic E-state index is 0.102. The first-order valence-corrected chi connectivity index (χ1v) is 10.6. The molecule has 1 atom stereocenters. The van der Waals surface area contributed by atoms with Crippen molar-refractivity contribution >= 4 is 23.1 Å². The van der Waals surface area contributed by atoms with Crippen molar-refractivity contribution < 1.29 is 19.1 Å². The lowest BCUT2D eigenvalue weighted by atomic mass is 10.0. The Morgan fingerprint density at radius 2 is 2.22 bits per heavy atom. The van der Waals surface area contributed by atoms with Crippen LogP contribution in [-0.2, 0) is 11.2 Å². The summed E-state index contributed by atoms with van der Waals surface area (Å²) in [5.74, 6) is 1.16. The van der Waals surface area contributed by atoms with Gasteiger partial charge in [-0.2, -0.15) is 5.10 Å². The molecule has 0 aliphatic carbocycles. The molecule has 2 aliphatic heterocycles. The molecule has 9 nitrogen and oxygen atoms in total. The van der Waals surface area contributed by atoms with Gasteiger partial charge in [0.15, 0.2) is 5.65 Å². The Labute approximate surface area is 185 Å². The Kier molecular flexibility index (Phi) is 4.76. The molecule has 4 heterocycles. The van der Waals surface area contributed by atoms with Crippen LogP contribution in [0.25, 0.3) is 5.65 Å². The Balaban J connectivity index is 1.42. The van der Waals surface area contributed by atoms with Gasteiger partial charge in [-0.25, -0.2) is 9.50 Å². The lowest BCUT2D eigenvalue weighted by Gasteiger charge is -2.18. The number of nitrogens with one attached hydrogen (secondary N) is 1. The van der Waals surface area contributed by atoms with Gasteiger partial charge in [-0.3, -0.25) is 9.59 Å². The highest BCUT2D eigenvalue weighted by atomic mass is 16.5. The Morgan fingerprint density at radius 1 is 1.38 bits per heavy atom. The smallest absolute Gasteiger partial charge is 0.261 e. The standard InChI is InChI=1S/C23H25N5O4/c1-23(2)10-15-8-17(26-22(30)16-11-25-28-6-4-5-24-21(16)28)19(9-18(15)32-23)31-13-14-7-20(29)27(3)12-14/h4-6,8-9,11,14H,7,10,12-13H2,1-3H3,(H,26,30)/t14-/m0/s1. The minimum Gasteiger partial charge on any atom is -0.491 e. The summed E-state index contributed by atoms with van der Waals surface area (Å²) in [4.78, 5) is 30.9. The van der Waals surface area contributed by atoms with E-state index >= 15 is 0 Å². The van der Waals surface area contributed by atoms with E-state index in [0.29, 0.717) is 42.2 Å². The lowest BCUT2D eigenvalue weighted by molar-refractivity contribution is -0.126. The summed E-state index contributed by atoms with van der Waals surface area (Å²) in [6.07, 6.45) is 6.05. The van der Waals surface area contributed by atoms with E-state index in [0.717, 1.165) is 17.7 Å². The van der Waals surface area contributed by atoms with Gasteiger partial charge in [0.25, 0.3) is 5.91 Å². The zero-order valence-corrected chi connectivity index (χ0v) is 18.3. The zero-order chi connectivity index (χ0) is 22.5. The Bertz CT molecular complexity index is 1220. The molecule has 5 rings (SSSR count). The van der Waals surface area contributed by atoms with E-state index in [-0.39, 0.29) is 23.3 Å². The van der Waals surface area contributed by atoms with Gasteiger partial charge in [-0.05, 0) is 26.0 Å². The Hall–Kier alpha value is -3.62. The van der Waals surface area contributed by atoms with E-state index < -0.39 is 0 Å². The number of anilines is 1. The van der Waals surface area contributed by atoms with Gasteiger partial charge in [0.1, 0.15) is 22.7 Å². The highest BCUT2D eigenvalue weighted by Crippen LogP contribution is 2.41. The highest BCUT2D eigenvalue weighted by molar-refractivity contribution is 6.08. The van der Waals surface area contributed by atoms with Gasteiger partial charge in [-0.1, -0.05) is 0 Å². The number of ether oxygens (including phenoxy) is 2. The molecule has 0 unspecified atom stereocenters. The van der Waals surface area contributed by atoms with E-state index in [1.54, 1.807) is 34.9 Å². The Morgan fingerprint density at radius 3 is 3.00 bits per heavy atom. The van der Waals surface area contributed by atoms with E-state index in [9.17, 15) is 9.59 Å². The molecule has 0 spiro atoms. The summed E-state index contributed by atoms with van der Waals surface area (Å²) in [6, 6.07) is 5.48. The molecule has 1 fully saturated rings. The van der Waals surface area contributed by atoms with Crippen LogP contribution in [0.2, 0.25) is 0 Å². The summed E-state index contributed by atoms with van der Waals surface area (Å²) in [5.41, 5.74) is 2.09. The van der Waals surface area contributed by atoms with Crippen LogP contribution in [0.4, 0.5) is 5.69 Å².